The number of methoxy groups -OCH3 is 1. The molecule has 3 aromatic carbocycles. The fourth-order valence-electron chi connectivity index (χ4n) is 4.19. The number of aliphatic hydroxyl groups is 1. The first-order chi connectivity index (χ1) is 19.1. The molecule has 1 fully saturated rings. The van der Waals surface area contributed by atoms with Gasteiger partial charge >= 0.3 is 5.97 Å². The van der Waals surface area contributed by atoms with Crippen molar-refractivity contribution in [3.05, 3.63) is 114 Å². The number of ether oxygens (including phenoxy) is 6. The summed E-state index contributed by atoms with van der Waals surface area (Å²) in [5.41, 5.74) is 2.20. The van der Waals surface area contributed by atoms with Crippen LogP contribution in [-0.4, -0.2) is 62.1 Å². The van der Waals surface area contributed by atoms with Gasteiger partial charge in [-0.15, -0.1) is 6.58 Å². The second kappa shape index (κ2) is 14.6. The van der Waals surface area contributed by atoms with Crippen molar-refractivity contribution in [2.45, 2.75) is 43.9 Å². The van der Waals surface area contributed by atoms with E-state index in [0.29, 0.717) is 12.2 Å². The Hall–Kier alpha value is -3.53. The number of benzene rings is 3. The summed E-state index contributed by atoms with van der Waals surface area (Å²) in [5.74, 6) is 0.174. The maximum atomic E-state index is 13.0. The number of hydrogen-bond acceptors (Lipinski definition) is 8. The molecule has 4 rings (SSSR count). The predicted octanol–water partition coefficient (Wildman–Crippen LogP) is 4.31. The van der Waals surface area contributed by atoms with Crippen molar-refractivity contribution < 1.29 is 38.3 Å². The fourth-order valence-corrected chi connectivity index (χ4v) is 4.19. The van der Waals surface area contributed by atoms with Crippen LogP contribution in [0.5, 0.6) is 5.75 Å². The van der Waals surface area contributed by atoms with E-state index in [1.807, 2.05) is 60.7 Å². The van der Waals surface area contributed by atoms with Crippen LogP contribution in [0.4, 0.5) is 0 Å². The monoisotopic (exact) mass is 534 g/mol. The maximum absolute atomic E-state index is 13.0. The molecule has 206 valence electrons. The zero-order valence-corrected chi connectivity index (χ0v) is 21.9. The Morgan fingerprint density at radius 3 is 2.23 bits per heavy atom. The highest BCUT2D eigenvalue weighted by Crippen LogP contribution is 2.29. The fraction of sp³-hybridized carbons (Fsp3) is 0.323. The molecule has 0 aliphatic carbocycles. The molecule has 5 atom stereocenters. The highest BCUT2D eigenvalue weighted by Gasteiger charge is 2.49. The highest BCUT2D eigenvalue weighted by molar-refractivity contribution is 5.89. The number of rotatable bonds is 13. The third kappa shape index (κ3) is 7.98. The first-order valence-corrected chi connectivity index (χ1v) is 12.8. The van der Waals surface area contributed by atoms with Gasteiger partial charge in [-0.2, -0.15) is 0 Å². The average molecular weight is 535 g/mol. The van der Waals surface area contributed by atoms with Crippen LogP contribution >= 0.6 is 0 Å². The van der Waals surface area contributed by atoms with Gasteiger partial charge in [0.05, 0.1) is 39.1 Å². The summed E-state index contributed by atoms with van der Waals surface area (Å²) in [4.78, 5) is 13.0. The van der Waals surface area contributed by atoms with E-state index in [4.69, 9.17) is 28.4 Å². The molecule has 8 heteroatoms. The summed E-state index contributed by atoms with van der Waals surface area (Å²) in [6, 6.07) is 25.6. The van der Waals surface area contributed by atoms with Crippen LogP contribution in [0.25, 0.3) is 0 Å². The Bertz CT molecular complexity index is 1150. The molecule has 0 aromatic heterocycles. The van der Waals surface area contributed by atoms with Crippen LogP contribution in [0.15, 0.2) is 97.6 Å². The van der Waals surface area contributed by atoms with Crippen molar-refractivity contribution in [1.82, 2.24) is 0 Å². The molecule has 0 radical (unpaired) electrons. The normalized spacial score (nSPS) is 22.7. The zero-order valence-electron chi connectivity index (χ0n) is 21.9. The lowest BCUT2D eigenvalue weighted by Crippen LogP contribution is -2.61. The van der Waals surface area contributed by atoms with Gasteiger partial charge in [-0.1, -0.05) is 66.7 Å². The molecular formula is C31H34O8. The van der Waals surface area contributed by atoms with E-state index in [9.17, 15) is 9.90 Å². The summed E-state index contributed by atoms with van der Waals surface area (Å²) < 4.78 is 35.0. The van der Waals surface area contributed by atoms with Gasteiger partial charge in [0.15, 0.2) is 12.4 Å². The van der Waals surface area contributed by atoms with Crippen molar-refractivity contribution >= 4 is 5.97 Å². The third-order valence-electron chi connectivity index (χ3n) is 6.24. The molecule has 5 unspecified atom stereocenters. The average Bonchev–Trinajstić information content (AvgIpc) is 2.98. The van der Waals surface area contributed by atoms with E-state index < -0.39 is 36.7 Å². The standard InChI is InChI=1S/C31H34O8/c1-3-18-36-31-29(39-30(33)24-12-8-5-9-13-24)28(37-20-22-10-6-4-7-11-22)27(32)26(38-31)21-35-19-23-14-16-25(34-2)17-15-23/h3-17,26-29,31-32H,1,18-21H2,2H3. The topological polar surface area (TPSA) is 92.7 Å². The minimum atomic E-state index is -1.17. The zero-order chi connectivity index (χ0) is 27.5. The van der Waals surface area contributed by atoms with Gasteiger partial charge in [-0.05, 0) is 35.4 Å². The number of esters is 1. The Morgan fingerprint density at radius 2 is 1.56 bits per heavy atom. The van der Waals surface area contributed by atoms with Gasteiger partial charge in [0.2, 0.25) is 0 Å². The van der Waals surface area contributed by atoms with E-state index in [1.54, 1.807) is 37.5 Å². The number of carbonyl (C=O) groups is 1. The molecule has 3 aromatic rings. The molecule has 1 aliphatic heterocycles. The van der Waals surface area contributed by atoms with Gasteiger partial charge in [-0.3, -0.25) is 0 Å². The van der Waals surface area contributed by atoms with Crippen LogP contribution in [0.1, 0.15) is 21.5 Å². The van der Waals surface area contributed by atoms with Crippen molar-refractivity contribution in [3.63, 3.8) is 0 Å². The maximum Gasteiger partial charge on any atom is 0.338 e. The summed E-state index contributed by atoms with van der Waals surface area (Å²) in [6.45, 7) is 4.40. The smallest absolute Gasteiger partial charge is 0.338 e. The SMILES string of the molecule is C=CCOC1OC(COCc2ccc(OC)cc2)C(O)C(OCc2ccccc2)C1OC(=O)c1ccccc1. The van der Waals surface area contributed by atoms with Gasteiger partial charge in [0, 0.05) is 0 Å². The van der Waals surface area contributed by atoms with Crippen LogP contribution in [0.3, 0.4) is 0 Å². The predicted molar refractivity (Wildman–Crippen MR) is 144 cm³/mol. The van der Waals surface area contributed by atoms with Crippen molar-refractivity contribution in [2.75, 3.05) is 20.3 Å². The third-order valence-corrected chi connectivity index (χ3v) is 6.24. The Balaban J connectivity index is 1.50. The van der Waals surface area contributed by atoms with E-state index in [0.717, 1.165) is 16.9 Å². The first-order valence-electron chi connectivity index (χ1n) is 12.8. The molecule has 0 saturated carbocycles. The summed E-state index contributed by atoms with van der Waals surface area (Å²) in [5, 5.41) is 11.4. The molecule has 1 N–H and O–H groups in total. The van der Waals surface area contributed by atoms with Crippen molar-refractivity contribution in [1.29, 1.82) is 0 Å². The van der Waals surface area contributed by atoms with Crippen LogP contribution in [0, 0.1) is 0 Å². The van der Waals surface area contributed by atoms with Crippen molar-refractivity contribution in [2.24, 2.45) is 0 Å². The summed E-state index contributed by atoms with van der Waals surface area (Å²) >= 11 is 0. The molecule has 1 heterocycles. The lowest BCUT2D eigenvalue weighted by molar-refractivity contribution is -0.307. The lowest BCUT2D eigenvalue weighted by atomic mass is 9.98. The number of hydrogen-bond donors (Lipinski definition) is 1. The van der Waals surface area contributed by atoms with Gasteiger partial charge in [0.1, 0.15) is 24.1 Å². The second-order valence-electron chi connectivity index (χ2n) is 9.02. The van der Waals surface area contributed by atoms with E-state index in [2.05, 4.69) is 6.58 Å². The Labute approximate surface area is 228 Å². The van der Waals surface area contributed by atoms with Gasteiger partial charge in [0.25, 0.3) is 0 Å². The first kappa shape index (κ1) is 28.5. The Morgan fingerprint density at radius 1 is 0.897 bits per heavy atom. The number of carbonyl (C=O) groups excluding carboxylic acids is 1. The summed E-state index contributed by atoms with van der Waals surface area (Å²) in [7, 11) is 1.61. The molecular weight excluding hydrogens is 500 g/mol. The molecule has 8 nitrogen and oxygen atoms in total. The molecule has 39 heavy (non-hydrogen) atoms. The lowest BCUT2D eigenvalue weighted by Gasteiger charge is -2.43. The summed E-state index contributed by atoms with van der Waals surface area (Å²) in [6.07, 6.45) is -3.41. The largest absolute Gasteiger partial charge is 0.497 e. The molecule has 0 amide bonds. The van der Waals surface area contributed by atoms with Crippen LogP contribution < -0.4 is 4.74 Å². The quantitative estimate of drug-likeness (QED) is 0.256. The molecule has 1 aliphatic rings. The highest BCUT2D eigenvalue weighted by atomic mass is 16.7. The van der Waals surface area contributed by atoms with Crippen LogP contribution in [-0.2, 0) is 36.9 Å². The molecule has 0 bridgehead atoms. The van der Waals surface area contributed by atoms with E-state index in [1.165, 1.54) is 0 Å². The minimum absolute atomic E-state index is 0.0612. The van der Waals surface area contributed by atoms with Crippen molar-refractivity contribution in [3.8, 4) is 5.75 Å². The Kier molecular flexibility index (Phi) is 10.6. The number of aliphatic hydroxyl groups excluding tert-OH is 1. The van der Waals surface area contributed by atoms with Gasteiger partial charge < -0.3 is 33.5 Å². The van der Waals surface area contributed by atoms with E-state index >= 15 is 0 Å². The van der Waals surface area contributed by atoms with Gasteiger partial charge in [-0.25, -0.2) is 4.79 Å². The van der Waals surface area contributed by atoms with Crippen LogP contribution in [0.2, 0.25) is 0 Å². The molecule has 1 saturated heterocycles. The minimum Gasteiger partial charge on any atom is -0.497 e. The second-order valence-corrected chi connectivity index (χ2v) is 9.02. The van der Waals surface area contributed by atoms with E-state index in [-0.39, 0.29) is 19.8 Å². The molecule has 0 spiro atoms.